The van der Waals surface area contributed by atoms with Crippen LogP contribution < -0.4 is 15.4 Å². The van der Waals surface area contributed by atoms with E-state index in [1.165, 1.54) is 0 Å². The minimum Gasteiger partial charge on any atom is -0.481 e. The zero-order valence-electron chi connectivity index (χ0n) is 15.8. The van der Waals surface area contributed by atoms with E-state index in [1.54, 1.807) is 7.11 Å². The fraction of sp³-hybridized carbons (Fsp3) is 0.667. The summed E-state index contributed by atoms with van der Waals surface area (Å²) in [5.74, 6) is 1.49. The summed E-state index contributed by atoms with van der Waals surface area (Å²) in [6, 6.07) is 6.87. The molecule has 7 heteroatoms. The molecule has 0 bridgehead atoms. The van der Waals surface area contributed by atoms with E-state index in [4.69, 9.17) is 4.74 Å². The van der Waals surface area contributed by atoms with Crippen molar-refractivity contribution in [1.29, 1.82) is 0 Å². The minimum atomic E-state index is 0. The summed E-state index contributed by atoms with van der Waals surface area (Å²) in [5.41, 5.74) is 0.904. The molecule has 142 valence electrons. The number of aromatic nitrogens is 1. The molecule has 1 aliphatic rings. The van der Waals surface area contributed by atoms with Gasteiger partial charge in [-0.05, 0) is 39.7 Å². The van der Waals surface area contributed by atoms with Crippen LogP contribution in [-0.2, 0) is 6.54 Å². The van der Waals surface area contributed by atoms with Crippen molar-refractivity contribution in [3.05, 3.63) is 23.9 Å². The van der Waals surface area contributed by atoms with Crippen LogP contribution in [0.5, 0.6) is 5.88 Å². The van der Waals surface area contributed by atoms with Gasteiger partial charge >= 0.3 is 0 Å². The van der Waals surface area contributed by atoms with Crippen molar-refractivity contribution in [3.63, 3.8) is 0 Å². The molecule has 2 rings (SSSR count). The van der Waals surface area contributed by atoms with E-state index in [-0.39, 0.29) is 24.0 Å². The van der Waals surface area contributed by atoms with E-state index in [9.17, 15) is 0 Å². The van der Waals surface area contributed by atoms with Crippen LogP contribution in [0.3, 0.4) is 0 Å². The average Bonchev–Trinajstić information content (AvgIpc) is 2.60. The molecule has 2 heterocycles. The summed E-state index contributed by atoms with van der Waals surface area (Å²) in [7, 11) is 1.63. The highest BCUT2D eigenvalue weighted by Gasteiger charge is 2.21. The summed E-state index contributed by atoms with van der Waals surface area (Å²) in [6.45, 7) is 10.3. The summed E-state index contributed by atoms with van der Waals surface area (Å²) < 4.78 is 5.16. The fourth-order valence-corrected chi connectivity index (χ4v) is 2.89. The van der Waals surface area contributed by atoms with Crippen molar-refractivity contribution in [1.82, 2.24) is 20.5 Å². The van der Waals surface area contributed by atoms with Gasteiger partial charge in [0, 0.05) is 37.8 Å². The van der Waals surface area contributed by atoms with Crippen LogP contribution in [0.25, 0.3) is 0 Å². The van der Waals surface area contributed by atoms with Crippen molar-refractivity contribution < 1.29 is 4.74 Å². The van der Waals surface area contributed by atoms with Gasteiger partial charge in [0.25, 0.3) is 0 Å². The molecule has 6 nitrogen and oxygen atoms in total. The molecule has 0 saturated carbocycles. The molecule has 1 aromatic heterocycles. The summed E-state index contributed by atoms with van der Waals surface area (Å²) in [5, 5.41) is 6.90. The maximum atomic E-state index is 5.16. The lowest BCUT2D eigenvalue weighted by molar-refractivity contribution is 0.167. The van der Waals surface area contributed by atoms with Gasteiger partial charge in [0.1, 0.15) is 0 Å². The molecule has 0 atom stereocenters. The summed E-state index contributed by atoms with van der Waals surface area (Å²) >= 11 is 0. The first-order chi connectivity index (χ1) is 11.6. The third-order valence-corrected chi connectivity index (χ3v) is 4.33. The predicted octanol–water partition coefficient (Wildman–Crippen LogP) is 2.64. The van der Waals surface area contributed by atoms with Crippen molar-refractivity contribution in [2.75, 3.05) is 26.7 Å². The number of methoxy groups -OCH3 is 1. The first kappa shape index (κ1) is 22.0. The maximum absolute atomic E-state index is 5.16. The molecule has 0 spiro atoms. The number of hydrogen-bond donors (Lipinski definition) is 2. The molecule has 1 fully saturated rings. The molecular weight excluding hydrogens is 429 g/mol. The first-order valence-corrected chi connectivity index (χ1v) is 8.91. The van der Waals surface area contributed by atoms with E-state index in [0.717, 1.165) is 44.1 Å². The second-order valence-corrected chi connectivity index (χ2v) is 6.41. The number of ether oxygens (including phenoxy) is 1. The predicted molar refractivity (Wildman–Crippen MR) is 114 cm³/mol. The van der Waals surface area contributed by atoms with Gasteiger partial charge in [-0.25, -0.2) is 9.98 Å². The van der Waals surface area contributed by atoms with Gasteiger partial charge in [-0.15, -0.1) is 24.0 Å². The van der Waals surface area contributed by atoms with Gasteiger partial charge in [0.15, 0.2) is 5.96 Å². The third kappa shape index (κ3) is 7.35. The third-order valence-electron chi connectivity index (χ3n) is 4.33. The zero-order chi connectivity index (χ0) is 17.4. The van der Waals surface area contributed by atoms with E-state index < -0.39 is 0 Å². The molecule has 0 aromatic carbocycles. The smallest absolute Gasteiger partial charge is 0.213 e. The summed E-state index contributed by atoms with van der Waals surface area (Å²) in [6.07, 6.45) is 2.31. The molecule has 1 aromatic rings. The van der Waals surface area contributed by atoms with Crippen LogP contribution in [0.2, 0.25) is 0 Å². The van der Waals surface area contributed by atoms with Crippen LogP contribution >= 0.6 is 24.0 Å². The van der Waals surface area contributed by atoms with Crippen LogP contribution in [0.1, 0.15) is 39.3 Å². The van der Waals surface area contributed by atoms with Crippen LogP contribution in [-0.4, -0.2) is 54.7 Å². The van der Waals surface area contributed by atoms with Crippen molar-refractivity contribution in [3.8, 4) is 5.88 Å². The Balaban J connectivity index is 0.00000312. The Kier molecular flexibility index (Phi) is 10.1. The molecule has 25 heavy (non-hydrogen) atoms. The second-order valence-electron chi connectivity index (χ2n) is 6.41. The average molecular weight is 461 g/mol. The van der Waals surface area contributed by atoms with Crippen LogP contribution in [0.4, 0.5) is 0 Å². The Morgan fingerprint density at radius 3 is 2.68 bits per heavy atom. The van der Waals surface area contributed by atoms with Gasteiger partial charge in [0.05, 0.1) is 19.3 Å². The molecular formula is C18H32IN5O. The number of nitrogens with one attached hydrogen (secondary N) is 2. The number of halogens is 1. The Morgan fingerprint density at radius 1 is 1.36 bits per heavy atom. The van der Waals surface area contributed by atoms with Gasteiger partial charge in [-0.1, -0.05) is 6.07 Å². The number of aliphatic imine (C=N–C) groups is 1. The van der Waals surface area contributed by atoms with E-state index >= 15 is 0 Å². The van der Waals surface area contributed by atoms with E-state index in [2.05, 4.69) is 46.3 Å². The number of pyridine rings is 1. The monoisotopic (exact) mass is 461 g/mol. The molecule has 1 saturated heterocycles. The summed E-state index contributed by atoms with van der Waals surface area (Å²) in [4.78, 5) is 11.6. The zero-order valence-corrected chi connectivity index (χ0v) is 18.1. The second kappa shape index (κ2) is 11.5. The number of hydrogen-bond acceptors (Lipinski definition) is 4. The topological polar surface area (TPSA) is 61.8 Å². The first-order valence-electron chi connectivity index (χ1n) is 8.91. The largest absolute Gasteiger partial charge is 0.481 e. The number of nitrogens with zero attached hydrogens (tertiary/aromatic N) is 3. The highest BCUT2D eigenvalue weighted by molar-refractivity contribution is 14.0. The van der Waals surface area contributed by atoms with Crippen LogP contribution in [0, 0.1) is 0 Å². The molecule has 0 aliphatic carbocycles. The molecule has 0 amide bonds. The number of piperidine rings is 1. The lowest BCUT2D eigenvalue weighted by Crippen LogP contribution is -2.49. The minimum absolute atomic E-state index is 0. The normalized spacial score (nSPS) is 16.4. The van der Waals surface area contributed by atoms with Gasteiger partial charge in [-0.2, -0.15) is 0 Å². The lowest BCUT2D eigenvalue weighted by Gasteiger charge is -2.35. The molecule has 0 radical (unpaired) electrons. The highest BCUT2D eigenvalue weighted by Crippen LogP contribution is 2.13. The Labute approximate surface area is 168 Å². The Hall–Kier alpha value is -1.09. The van der Waals surface area contributed by atoms with Crippen LogP contribution in [0.15, 0.2) is 23.2 Å². The SMILES string of the molecule is CCNC(=NCc1cccc(OC)n1)NC1CCN(C(C)C)CC1.I. The van der Waals surface area contributed by atoms with Crippen molar-refractivity contribution in [2.45, 2.75) is 52.2 Å². The number of likely N-dealkylation sites (tertiary alicyclic amines) is 1. The fourth-order valence-electron chi connectivity index (χ4n) is 2.89. The highest BCUT2D eigenvalue weighted by atomic mass is 127. The molecule has 0 unspecified atom stereocenters. The van der Waals surface area contributed by atoms with E-state index in [0.29, 0.717) is 24.5 Å². The lowest BCUT2D eigenvalue weighted by atomic mass is 10.0. The van der Waals surface area contributed by atoms with E-state index in [1.807, 2.05) is 18.2 Å². The Bertz CT molecular complexity index is 530. The number of rotatable bonds is 6. The number of guanidine groups is 1. The quantitative estimate of drug-likeness (QED) is 0.388. The standard InChI is InChI=1S/C18H31N5O.HI/c1-5-19-18(20-13-16-7-6-8-17(21-16)24-4)22-15-9-11-23(12-10-15)14(2)3;/h6-8,14-15H,5,9-13H2,1-4H3,(H2,19,20,22);1H. The molecule has 1 aliphatic heterocycles. The maximum Gasteiger partial charge on any atom is 0.213 e. The van der Waals surface area contributed by atoms with Crippen molar-refractivity contribution >= 4 is 29.9 Å². The van der Waals surface area contributed by atoms with Gasteiger partial charge < -0.3 is 20.3 Å². The van der Waals surface area contributed by atoms with Gasteiger partial charge in [-0.3, -0.25) is 0 Å². The Morgan fingerprint density at radius 2 is 2.08 bits per heavy atom. The van der Waals surface area contributed by atoms with Crippen molar-refractivity contribution in [2.24, 2.45) is 4.99 Å². The van der Waals surface area contributed by atoms with Gasteiger partial charge in [0.2, 0.25) is 5.88 Å². The molecule has 2 N–H and O–H groups in total.